The lowest BCUT2D eigenvalue weighted by Gasteiger charge is -2.07. The summed E-state index contributed by atoms with van der Waals surface area (Å²) in [5, 5.41) is 13.7. The Kier molecular flexibility index (Phi) is 4.62. The molecule has 1 amide bonds. The number of halogens is 1. The van der Waals surface area contributed by atoms with Crippen LogP contribution in [0.5, 0.6) is 0 Å². The zero-order valence-electron chi connectivity index (χ0n) is 12.6. The van der Waals surface area contributed by atoms with Crippen LogP contribution in [0.4, 0.5) is 17.3 Å². The number of benzene rings is 1. The Morgan fingerprint density at radius 2 is 2.04 bits per heavy atom. The number of rotatable bonds is 6. The number of anilines is 3. The first-order chi connectivity index (χ1) is 11.6. The summed E-state index contributed by atoms with van der Waals surface area (Å²) in [5.74, 6) is 0.201. The Hall–Kier alpha value is -3.06. The second kappa shape index (κ2) is 7.01. The molecule has 2 heterocycles. The minimum atomic E-state index is -0.589. The number of amides is 1. The number of pyridine rings is 1. The number of aromatic nitrogens is 3. The van der Waals surface area contributed by atoms with Crippen LogP contribution < -0.4 is 16.4 Å². The molecule has 0 radical (unpaired) electrons. The average Bonchev–Trinajstić information content (AvgIpc) is 2.98. The summed E-state index contributed by atoms with van der Waals surface area (Å²) >= 11 is 5.86. The van der Waals surface area contributed by atoms with E-state index in [1.165, 1.54) is 0 Å². The van der Waals surface area contributed by atoms with Crippen molar-refractivity contribution in [1.29, 1.82) is 0 Å². The lowest BCUT2D eigenvalue weighted by atomic mass is 10.2. The van der Waals surface area contributed by atoms with E-state index in [9.17, 15) is 4.79 Å². The third-order valence-corrected chi connectivity index (χ3v) is 3.57. The summed E-state index contributed by atoms with van der Waals surface area (Å²) in [7, 11) is 0. The first-order valence-electron chi connectivity index (χ1n) is 7.17. The molecule has 0 atom stereocenters. The second-order valence-electron chi connectivity index (χ2n) is 5.03. The van der Waals surface area contributed by atoms with Crippen molar-refractivity contribution in [2.45, 2.75) is 6.54 Å². The molecule has 0 bridgehead atoms. The molecular formula is C16H15ClN6O. The van der Waals surface area contributed by atoms with Gasteiger partial charge in [-0.25, -0.2) is 0 Å². The number of carbonyl (C=O) groups excluding carboxylic acids is 1. The molecule has 1 aromatic carbocycles. The minimum Gasteiger partial charge on any atom is -0.365 e. The van der Waals surface area contributed by atoms with Crippen LogP contribution in [-0.2, 0) is 6.54 Å². The van der Waals surface area contributed by atoms with Crippen molar-refractivity contribution in [3.8, 4) is 0 Å². The SMILES string of the molecule is NC(=O)c1c(NCc2ccc(Cl)cc2)n[nH]c1Nc1cccnc1. The van der Waals surface area contributed by atoms with E-state index in [-0.39, 0.29) is 5.56 Å². The summed E-state index contributed by atoms with van der Waals surface area (Å²) in [5.41, 5.74) is 7.46. The molecule has 0 aliphatic carbocycles. The van der Waals surface area contributed by atoms with Crippen molar-refractivity contribution in [1.82, 2.24) is 15.2 Å². The van der Waals surface area contributed by atoms with Gasteiger partial charge in [0.2, 0.25) is 0 Å². The molecule has 8 heteroatoms. The van der Waals surface area contributed by atoms with E-state index in [1.807, 2.05) is 18.2 Å². The number of H-pyrrole nitrogens is 1. The van der Waals surface area contributed by atoms with Crippen molar-refractivity contribution >= 4 is 34.8 Å². The van der Waals surface area contributed by atoms with Gasteiger partial charge in [-0.1, -0.05) is 23.7 Å². The lowest BCUT2D eigenvalue weighted by Crippen LogP contribution is -2.15. The molecule has 24 heavy (non-hydrogen) atoms. The third kappa shape index (κ3) is 3.64. The van der Waals surface area contributed by atoms with Crippen molar-refractivity contribution in [3.05, 3.63) is 64.9 Å². The molecular weight excluding hydrogens is 328 g/mol. The molecule has 122 valence electrons. The van der Waals surface area contributed by atoms with Gasteiger partial charge in [0.1, 0.15) is 11.4 Å². The molecule has 0 unspecified atom stereocenters. The van der Waals surface area contributed by atoms with Crippen LogP contribution in [0.15, 0.2) is 48.8 Å². The summed E-state index contributed by atoms with van der Waals surface area (Å²) in [4.78, 5) is 15.8. The summed E-state index contributed by atoms with van der Waals surface area (Å²) < 4.78 is 0. The fourth-order valence-electron chi connectivity index (χ4n) is 2.17. The van der Waals surface area contributed by atoms with E-state index in [1.54, 1.807) is 30.6 Å². The zero-order valence-corrected chi connectivity index (χ0v) is 13.3. The van der Waals surface area contributed by atoms with E-state index >= 15 is 0 Å². The molecule has 0 saturated heterocycles. The topological polar surface area (TPSA) is 109 Å². The standard InChI is InChI=1S/C16H15ClN6O/c17-11-5-3-10(4-6-11)8-20-15-13(14(18)24)16(23-22-15)21-12-2-1-7-19-9-12/h1-7,9H,8H2,(H2,18,24)(H3,20,21,22,23). The fraction of sp³-hybridized carbons (Fsp3) is 0.0625. The van der Waals surface area contributed by atoms with Crippen LogP contribution in [0.3, 0.4) is 0 Å². The van der Waals surface area contributed by atoms with Gasteiger partial charge < -0.3 is 16.4 Å². The van der Waals surface area contributed by atoms with E-state index < -0.39 is 5.91 Å². The van der Waals surface area contributed by atoms with Crippen LogP contribution in [0.25, 0.3) is 0 Å². The zero-order chi connectivity index (χ0) is 16.9. The highest BCUT2D eigenvalue weighted by Crippen LogP contribution is 2.24. The maximum absolute atomic E-state index is 11.8. The van der Waals surface area contributed by atoms with Gasteiger partial charge in [-0.3, -0.25) is 14.9 Å². The summed E-state index contributed by atoms with van der Waals surface area (Å²) in [6, 6.07) is 11.0. The first kappa shape index (κ1) is 15.8. The normalized spacial score (nSPS) is 10.4. The number of hydrogen-bond acceptors (Lipinski definition) is 5. The van der Waals surface area contributed by atoms with Gasteiger partial charge in [0, 0.05) is 17.8 Å². The number of carbonyl (C=O) groups is 1. The smallest absolute Gasteiger partial charge is 0.256 e. The van der Waals surface area contributed by atoms with Gasteiger partial charge in [-0.15, -0.1) is 0 Å². The maximum Gasteiger partial charge on any atom is 0.256 e. The quantitative estimate of drug-likeness (QED) is 0.550. The highest BCUT2D eigenvalue weighted by molar-refractivity contribution is 6.30. The predicted molar refractivity (Wildman–Crippen MR) is 93.4 cm³/mol. The molecule has 0 saturated carbocycles. The molecule has 0 fully saturated rings. The van der Waals surface area contributed by atoms with Crippen LogP contribution in [0, 0.1) is 0 Å². The van der Waals surface area contributed by atoms with Crippen LogP contribution >= 0.6 is 11.6 Å². The first-order valence-corrected chi connectivity index (χ1v) is 7.55. The Balaban J connectivity index is 1.78. The van der Waals surface area contributed by atoms with E-state index in [0.717, 1.165) is 5.56 Å². The lowest BCUT2D eigenvalue weighted by molar-refractivity contribution is 0.100. The van der Waals surface area contributed by atoms with Gasteiger partial charge in [0.25, 0.3) is 5.91 Å². The minimum absolute atomic E-state index is 0.257. The molecule has 0 spiro atoms. The van der Waals surface area contributed by atoms with Crippen LogP contribution in [0.1, 0.15) is 15.9 Å². The number of nitrogens with zero attached hydrogens (tertiary/aromatic N) is 2. The highest BCUT2D eigenvalue weighted by atomic mass is 35.5. The Morgan fingerprint density at radius 1 is 1.25 bits per heavy atom. The maximum atomic E-state index is 11.8. The van der Waals surface area contributed by atoms with Gasteiger partial charge in [0.05, 0.1) is 11.9 Å². The van der Waals surface area contributed by atoms with Crippen molar-refractivity contribution in [3.63, 3.8) is 0 Å². The Morgan fingerprint density at radius 3 is 2.71 bits per heavy atom. The summed E-state index contributed by atoms with van der Waals surface area (Å²) in [6.07, 6.45) is 3.29. The second-order valence-corrected chi connectivity index (χ2v) is 5.47. The fourth-order valence-corrected chi connectivity index (χ4v) is 2.30. The number of nitrogens with two attached hydrogens (primary N) is 1. The molecule has 7 nitrogen and oxygen atoms in total. The molecule has 5 N–H and O–H groups in total. The van der Waals surface area contributed by atoms with E-state index in [2.05, 4.69) is 25.8 Å². The van der Waals surface area contributed by atoms with Crippen molar-refractivity contribution < 1.29 is 4.79 Å². The largest absolute Gasteiger partial charge is 0.365 e. The Labute approximate surface area is 143 Å². The van der Waals surface area contributed by atoms with Gasteiger partial charge in [-0.2, -0.15) is 5.10 Å². The van der Waals surface area contributed by atoms with Crippen molar-refractivity contribution in [2.75, 3.05) is 10.6 Å². The highest BCUT2D eigenvalue weighted by Gasteiger charge is 2.18. The third-order valence-electron chi connectivity index (χ3n) is 3.32. The van der Waals surface area contributed by atoms with Crippen molar-refractivity contribution in [2.24, 2.45) is 5.73 Å². The summed E-state index contributed by atoms with van der Waals surface area (Å²) in [6.45, 7) is 0.481. The van der Waals surface area contributed by atoms with Crippen LogP contribution in [-0.4, -0.2) is 21.1 Å². The van der Waals surface area contributed by atoms with Gasteiger partial charge in [0.15, 0.2) is 5.82 Å². The molecule has 3 aromatic rings. The van der Waals surface area contributed by atoms with Gasteiger partial charge in [-0.05, 0) is 29.8 Å². The number of hydrogen-bond donors (Lipinski definition) is 4. The molecule has 3 rings (SSSR count). The van der Waals surface area contributed by atoms with Crippen LogP contribution in [0.2, 0.25) is 5.02 Å². The molecule has 0 aliphatic rings. The molecule has 2 aromatic heterocycles. The Bertz CT molecular complexity index is 832. The predicted octanol–water partition coefficient (Wildman–Crippen LogP) is 2.91. The van der Waals surface area contributed by atoms with E-state index in [0.29, 0.717) is 28.9 Å². The monoisotopic (exact) mass is 342 g/mol. The average molecular weight is 343 g/mol. The van der Waals surface area contributed by atoms with Gasteiger partial charge >= 0.3 is 0 Å². The number of primary amides is 1. The number of aromatic amines is 1. The number of nitrogens with one attached hydrogen (secondary N) is 3. The molecule has 0 aliphatic heterocycles. The van der Waals surface area contributed by atoms with E-state index in [4.69, 9.17) is 17.3 Å².